The number of aromatic nitrogens is 3. The van der Waals surface area contributed by atoms with E-state index in [4.69, 9.17) is 14.2 Å². The molecule has 0 aliphatic heterocycles. The zero-order valence-corrected chi connectivity index (χ0v) is 31.1. The number of ether oxygens (including phenoxy) is 3. The van der Waals surface area contributed by atoms with E-state index in [0.29, 0.717) is 29.9 Å². The summed E-state index contributed by atoms with van der Waals surface area (Å²) in [6.07, 6.45) is -1.71. The van der Waals surface area contributed by atoms with Crippen molar-refractivity contribution in [1.82, 2.24) is 13.7 Å². The molecular weight excluding hydrogens is 743 g/mol. The van der Waals surface area contributed by atoms with Gasteiger partial charge in [-0.05, 0) is 56.6 Å². The van der Waals surface area contributed by atoms with Gasteiger partial charge in [0.1, 0.15) is 19.3 Å². The van der Waals surface area contributed by atoms with Gasteiger partial charge < -0.3 is 19.3 Å². The molecule has 0 fully saturated rings. The molecule has 1 N–H and O–H groups in total. The molecule has 0 saturated heterocycles. The van der Waals surface area contributed by atoms with Crippen LogP contribution in [0.2, 0.25) is 0 Å². The van der Waals surface area contributed by atoms with Crippen LogP contribution in [0.1, 0.15) is 31.1 Å². The van der Waals surface area contributed by atoms with Gasteiger partial charge in [-0.3, -0.25) is 0 Å². The molecule has 292 valence electrons. The molecule has 0 amide bonds. The van der Waals surface area contributed by atoms with Crippen LogP contribution in [0.4, 0.5) is 0 Å². The van der Waals surface area contributed by atoms with Crippen molar-refractivity contribution in [1.29, 1.82) is 0 Å². The van der Waals surface area contributed by atoms with Gasteiger partial charge in [-0.15, -0.1) is 6.58 Å². The number of carbonyl (C=O) groups excluding carboxylic acids is 3. The second-order valence-corrected chi connectivity index (χ2v) is 13.4. The van der Waals surface area contributed by atoms with Crippen molar-refractivity contribution in [3.63, 3.8) is 0 Å². The van der Waals surface area contributed by atoms with Gasteiger partial charge in [0, 0.05) is 0 Å². The molecule has 0 bridgehead atoms. The van der Waals surface area contributed by atoms with E-state index in [2.05, 4.69) is 6.58 Å². The van der Waals surface area contributed by atoms with Gasteiger partial charge >= 0.3 is 35.0 Å². The fourth-order valence-corrected chi connectivity index (χ4v) is 6.79. The average Bonchev–Trinajstić information content (AvgIpc) is 3.25. The van der Waals surface area contributed by atoms with Crippen LogP contribution in [0.3, 0.4) is 0 Å². The Hall–Kier alpha value is -7.38. The van der Waals surface area contributed by atoms with E-state index in [0.717, 1.165) is 16.2 Å². The summed E-state index contributed by atoms with van der Waals surface area (Å²) in [7, 11) is 0. The Labute approximate surface area is 330 Å². The molecule has 0 radical (unpaired) electrons. The maximum absolute atomic E-state index is 14.0. The summed E-state index contributed by atoms with van der Waals surface area (Å²) >= 11 is 0. The maximum atomic E-state index is 14.0. The molecule has 0 spiro atoms. The number of aliphatic hydroxyl groups excluding tert-OH is 1. The highest BCUT2D eigenvalue weighted by atomic mass is 16.6. The Morgan fingerprint density at radius 2 is 1.12 bits per heavy atom. The number of rotatable bonds is 14. The summed E-state index contributed by atoms with van der Waals surface area (Å²) in [5.74, 6) is -2.29. The fourth-order valence-electron chi connectivity index (χ4n) is 6.79. The molecule has 1 heterocycles. The monoisotopic (exact) mass is 779 g/mol. The van der Waals surface area contributed by atoms with Gasteiger partial charge in [0.2, 0.25) is 0 Å². The van der Waals surface area contributed by atoms with Gasteiger partial charge in [-0.25, -0.2) is 42.5 Å². The van der Waals surface area contributed by atoms with E-state index < -0.39 is 73.5 Å². The maximum Gasteiger partial charge on any atom is 0.339 e. The lowest BCUT2D eigenvalue weighted by Gasteiger charge is -2.21. The van der Waals surface area contributed by atoms with Crippen LogP contribution < -0.4 is 17.1 Å². The molecule has 58 heavy (non-hydrogen) atoms. The van der Waals surface area contributed by atoms with Crippen molar-refractivity contribution in [2.75, 3.05) is 13.2 Å². The summed E-state index contributed by atoms with van der Waals surface area (Å²) in [5.41, 5.74) is -2.58. The van der Waals surface area contributed by atoms with Crippen LogP contribution >= 0.6 is 0 Å². The second kappa shape index (κ2) is 17.2. The Kier molecular flexibility index (Phi) is 11.5. The number of fused-ring (bicyclic) bond motifs is 3. The van der Waals surface area contributed by atoms with Crippen LogP contribution in [0.25, 0.3) is 32.3 Å². The van der Waals surface area contributed by atoms with E-state index in [1.165, 1.54) is 18.2 Å². The van der Waals surface area contributed by atoms with E-state index in [1.54, 1.807) is 66.7 Å². The Morgan fingerprint density at radius 3 is 1.78 bits per heavy atom. The molecule has 0 aliphatic carbocycles. The van der Waals surface area contributed by atoms with E-state index in [1.807, 2.05) is 48.5 Å². The summed E-state index contributed by atoms with van der Waals surface area (Å²) in [6, 6.07) is 36.8. The molecule has 13 nitrogen and oxygen atoms in total. The SMILES string of the molecule is C=CCn1c(=O)n(CC(O)COC(=O)c2c3ccccc3cc3ccccc23)c(=O)n(CC(COC(=O)c2cccc3ccccc23)OC(=O)c2ccccc2)c1=O. The Balaban J connectivity index is 1.16. The predicted molar refractivity (Wildman–Crippen MR) is 217 cm³/mol. The second-order valence-electron chi connectivity index (χ2n) is 13.4. The van der Waals surface area contributed by atoms with Gasteiger partial charge in [0.05, 0.1) is 36.3 Å². The standard InChI is InChI=1S/C45H37N3O10/c1-2-23-46-43(53)47(25-33(49)27-56-42(52)39-36-20-10-7-16-31(36)24-32-17-8-11-21-37(32)39)45(55)48(44(46)54)26-34(58-40(50)30-14-4-3-5-15-30)28-57-41(51)38-22-12-18-29-13-6-9-19-35(29)38/h2-22,24,33-34,49H,1,23,25-28H2. The van der Waals surface area contributed by atoms with E-state index in [-0.39, 0.29) is 23.2 Å². The lowest BCUT2D eigenvalue weighted by atomic mass is 9.97. The Morgan fingerprint density at radius 1 is 0.586 bits per heavy atom. The molecule has 13 heteroatoms. The van der Waals surface area contributed by atoms with Crippen LogP contribution in [-0.2, 0) is 33.8 Å². The first-order valence-corrected chi connectivity index (χ1v) is 18.4. The normalized spacial score (nSPS) is 12.2. The topological polar surface area (TPSA) is 165 Å². The van der Waals surface area contributed by atoms with Crippen molar-refractivity contribution in [3.05, 3.63) is 188 Å². The molecule has 6 aromatic carbocycles. The van der Waals surface area contributed by atoms with Crippen LogP contribution in [0, 0.1) is 0 Å². The highest BCUT2D eigenvalue weighted by molar-refractivity contribution is 6.16. The van der Waals surface area contributed by atoms with Gasteiger partial charge in [-0.2, -0.15) is 0 Å². The largest absolute Gasteiger partial charge is 0.459 e. The van der Waals surface area contributed by atoms with Gasteiger partial charge in [0.25, 0.3) is 0 Å². The lowest BCUT2D eigenvalue weighted by molar-refractivity contribution is -0.00625. The number of nitrogens with zero attached hydrogens (tertiary/aromatic N) is 3. The summed E-state index contributed by atoms with van der Waals surface area (Å²) < 4.78 is 18.9. The molecule has 0 saturated carbocycles. The number of hydrogen-bond donors (Lipinski definition) is 1. The lowest BCUT2D eigenvalue weighted by Crippen LogP contribution is -2.56. The first-order valence-electron chi connectivity index (χ1n) is 18.4. The van der Waals surface area contributed by atoms with E-state index >= 15 is 0 Å². The first kappa shape index (κ1) is 38.9. The van der Waals surface area contributed by atoms with Gasteiger partial charge in [-0.1, -0.05) is 109 Å². The first-order chi connectivity index (χ1) is 28.1. The number of hydrogen-bond acceptors (Lipinski definition) is 10. The third-order valence-electron chi connectivity index (χ3n) is 9.55. The highest BCUT2D eigenvalue weighted by Gasteiger charge is 2.26. The minimum atomic E-state index is -1.58. The molecule has 7 aromatic rings. The molecule has 0 aliphatic rings. The molecule has 1 aromatic heterocycles. The van der Waals surface area contributed by atoms with Crippen molar-refractivity contribution >= 4 is 50.2 Å². The van der Waals surface area contributed by atoms with Crippen molar-refractivity contribution < 1.29 is 33.7 Å². The molecule has 2 unspecified atom stereocenters. The number of benzene rings is 6. The van der Waals surface area contributed by atoms with Crippen LogP contribution in [0.5, 0.6) is 0 Å². The van der Waals surface area contributed by atoms with Crippen LogP contribution in [-0.4, -0.2) is 62.1 Å². The van der Waals surface area contributed by atoms with Gasteiger partial charge in [0.15, 0.2) is 6.10 Å². The minimum absolute atomic E-state index is 0.156. The number of esters is 3. The Bertz CT molecular complexity index is 2820. The average molecular weight is 780 g/mol. The zero-order valence-electron chi connectivity index (χ0n) is 31.1. The van der Waals surface area contributed by atoms with Crippen molar-refractivity contribution in [2.24, 2.45) is 0 Å². The molecule has 7 rings (SSSR count). The molecule has 2 atom stereocenters. The van der Waals surface area contributed by atoms with E-state index in [9.17, 15) is 33.9 Å². The molecular formula is C45H37N3O10. The third kappa shape index (κ3) is 8.11. The zero-order chi connectivity index (χ0) is 40.8. The van der Waals surface area contributed by atoms with Crippen LogP contribution in [0.15, 0.2) is 154 Å². The minimum Gasteiger partial charge on any atom is -0.459 e. The number of allylic oxidation sites excluding steroid dienone is 1. The number of carbonyl (C=O) groups is 3. The fraction of sp³-hybridized carbons (Fsp3) is 0.156. The summed E-state index contributed by atoms with van der Waals surface area (Å²) in [5, 5.41) is 15.4. The summed E-state index contributed by atoms with van der Waals surface area (Å²) in [6.45, 7) is 0.786. The summed E-state index contributed by atoms with van der Waals surface area (Å²) in [4.78, 5) is 81.4. The quantitative estimate of drug-likeness (QED) is 0.0678. The highest BCUT2D eigenvalue weighted by Crippen LogP contribution is 2.29. The predicted octanol–water partition coefficient (Wildman–Crippen LogP) is 5.12. The smallest absolute Gasteiger partial charge is 0.339 e. The van der Waals surface area contributed by atoms with Crippen molar-refractivity contribution in [2.45, 2.75) is 31.8 Å². The third-order valence-corrected chi connectivity index (χ3v) is 9.55. The van der Waals surface area contributed by atoms with Crippen molar-refractivity contribution in [3.8, 4) is 0 Å². The number of aliphatic hydroxyl groups is 1.